The summed E-state index contributed by atoms with van der Waals surface area (Å²) in [6, 6.07) is 21.8. The van der Waals surface area contributed by atoms with E-state index < -0.39 is 11.8 Å². The Morgan fingerprint density at radius 3 is 2.43 bits per heavy atom. The van der Waals surface area contributed by atoms with Crippen LogP contribution in [0.3, 0.4) is 0 Å². The van der Waals surface area contributed by atoms with Crippen LogP contribution in [0.1, 0.15) is 23.6 Å². The summed E-state index contributed by atoms with van der Waals surface area (Å²) in [5, 5.41) is 8.62. The Hall–Kier alpha value is -3.02. The van der Waals surface area contributed by atoms with Gasteiger partial charge in [-0.15, -0.1) is 0 Å². The lowest BCUT2D eigenvalue weighted by molar-refractivity contribution is -0.127. The SMILES string of the molecule is C[C@H]1C(=O)Nc2ccc(Cl)cc2[C@]2(c3ccccc3)ON=C(c3ccc(Cl)cc3)N12. The first-order valence-electron chi connectivity index (χ1n) is 9.48. The van der Waals surface area contributed by atoms with E-state index in [0.29, 0.717) is 27.1 Å². The summed E-state index contributed by atoms with van der Waals surface area (Å²) in [7, 11) is 0. The number of halogens is 2. The molecule has 0 radical (unpaired) electrons. The molecule has 30 heavy (non-hydrogen) atoms. The van der Waals surface area contributed by atoms with Crippen molar-refractivity contribution in [2.75, 3.05) is 5.32 Å². The van der Waals surface area contributed by atoms with Gasteiger partial charge in [-0.3, -0.25) is 9.69 Å². The van der Waals surface area contributed by atoms with Crippen LogP contribution in [-0.4, -0.2) is 22.7 Å². The van der Waals surface area contributed by atoms with Gasteiger partial charge in [0.15, 0.2) is 5.84 Å². The number of fused-ring (bicyclic) bond motifs is 3. The molecule has 2 atom stereocenters. The molecule has 1 amide bonds. The lowest BCUT2D eigenvalue weighted by Crippen LogP contribution is -2.53. The Labute approximate surface area is 183 Å². The predicted octanol–water partition coefficient (Wildman–Crippen LogP) is 5.23. The van der Waals surface area contributed by atoms with E-state index in [1.165, 1.54) is 0 Å². The molecule has 5 rings (SSSR count). The van der Waals surface area contributed by atoms with Crippen LogP contribution in [0.4, 0.5) is 5.69 Å². The van der Waals surface area contributed by atoms with Gasteiger partial charge in [0, 0.05) is 26.7 Å². The van der Waals surface area contributed by atoms with E-state index in [1.54, 1.807) is 24.3 Å². The fraction of sp³-hybridized carbons (Fsp3) is 0.130. The minimum atomic E-state index is -1.16. The highest BCUT2D eigenvalue weighted by Crippen LogP contribution is 2.48. The number of amidine groups is 1. The normalized spacial score (nSPS) is 22.4. The van der Waals surface area contributed by atoms with Crippen molar-refractivity contribution < 1.29 is 9.63 Å². The lowest BCUT2D eigenvalue weighted by Gasteiger charge is -2.39. The summed E-state index contributed by atoms with van der Waals surface area (Å²) < 4.78 is 0. The van der Waals surface area contributed by atoms with E-state index in [1.807, 2.05) is 60.4 Å². The maximum atomic E-state index is 13.1. The Bertz CT molecular complexity index is 1160. The van der Waals surface area contributed by atoms with E-state index >= 15 is 0 Å². The molecule has 0 aliphatic carbocycles. The van der Waals surface area contributed by atoms with Crippen LogP contribution in [0.5, 0.6) is 0 Å². The fourth-order valence-electron chi connectivity index (χ4n) is 4.04. The molecule has 0 unspecified atom stereocenters. The minimum Gasteiger partial charge on any atom is -0.355 e. The van der Waals surface area contributed by atoms with E-state index in [0.717, 1.165) is 11.1 Å². The molecule has 0 bridgehead atoms. The number of carbonyl (C=O) groups excluding carboxylic acids is 1. The molecule has 0 saturated carbocycles. The molecule has 2 aliphatic heterocycles. The largest absolute Gasteiger partial charge is 0.355 e. The molecule has 0 spiro atoms. The third kappa shape index (κ3) is 2.77. The van der Waals surface area contributed by atoms with Crippen LogP contribution in [-0.2, 0) is 15.4 Å². The molecule has 150 valence electrons. The Morgan fingerprint density at radius 1 is 1.00 bits per heavy atom. The molecule has 5 nitrogen and oxygen atoms in total. The summed E-state index contributed by atoms with van der Waals surface area (Å²) >= 11 is 12.5. The lowest BCUT2D eigenvalue weighted by atomic mass is 9.90. The highest BCUT2D eigenvalue weighted by Gasteiger charge is 2.55. The molecule has 0 saturated heterocycles. The monoisotopic (exact) mass is 437 g/mol. The molecular weight excluding hydrogens is 421 g/mol. The number of nitrogens with one attached hydrogen (secondary N) is 1. The summed E-state index contributed by atoms with van der Waals surface area (Å²) in [6.45, 7) is 1.83. The van der Waals surface area contributed by atoms with Crippen LogP contribution in [0.2, 0.25) is 10.0 Å². The summed E-state index contributed by atoms with van der Waals surface area (Å²) in [4.78, 5) is 21.2. The first-order chi connectivity index (χ1) is 14.5. The van der Waals surface area contributed by atoms with Crippen molar-refractivity contribution in [1.82, 2.24) is 4.90 Å². The van der Waals surface area contributed by atoms with Crippen LogP contribution in [0, 0.1) is 0 Å². The Balaban J connectivity index is 1.80. The van der Waals surface area contributed by atoms with Crippen molar-refractivity contribution >= 4 is 40.6 Å². The number of amides is 1. The smallest absolute Gasteiger partial charge is 0.265 e. The number of oxime groups is 1. The van der Waals surface area contributed by atoms with E-state index in [4.69, 9.17) is 28.0 Å². The molecule has 2 heterocycles. The average molecular weight is 438 g/mol. The van der Waals surface area contributed by atoms with E-state index in [9.17, 15) is 4.79 Å². The Kier molecular flexibility index (Phi) is 4.45. The topological polar surface area (TPSA) is 53.9 Å². The zero-order chi connectivity index (χ0) is 20.9. The van der Waals surface area contributed by atoms with Crippen LogP contribution < -0.4 is 5.32 Å². The van der Waals surface area contributed by atoms with Gasteiger partial charge in [0.1, 0.15) is 6.04 Å². The van der Waals surface area contributed by atoms with Gasteiger partial charge < -0.3 is 10.2 Å². The van der Waals surface area contributed by atoms with Crippen LogP contribution >= 0.6 is 23.2 Å². The van der Waals surface area contributed by atoms with Crippen LogP contribution in [0.25, 0.3) is 0 Å². The highest BCUT2D eigenvalue weighted by atomic mass is 35.5. The van der Waals surface area contributed by atoms with Gasteiger partial charge in [-0.25, -0.2) is 0 Å². The van der Waals surface area contributed by atoms with Gasteiger partial charge in [-0.05, 0) is 49.4 Å². The molecular formula is C23H17Cl2N3O2. The third-order valence-electron chi connectivity index (χ3n) is 5.47. The van der Waals surface area contributed by atoms with Gasteiger partial charge in [0.05, 0.1) is 5.69 Å². The molecule has 1 N–H and O–H groups in total. The maximum absolute atomic E-state index is 13.1. The second kappa shape index (κ2) is 7.04. The predicted molar refractivity (Wildman–Crippen MR) is 118 cm³/mol. The second-order valence-corrected chi connectivity index (χ2v) is 8.12. The summed E-state index contributed by atoms with van der Waals surface area (Å²) in [6.07, 6.45) is 0. The molecule has 0 fully saturated rings. The Morgan fingerprint density at radius 2 is 1.70 bits per heavy atom. The number of anilines is 1. The first kappa shape index (κ1) is 19.0. The first-order valence-corrected chi connectivity index (χ1v) is 10.2. The van der Waals surface area contributed by atoms with E-state index in [2.05, 4.69) is 10.5 Å². The van der Waals surface area contributed by atoms with Crippen molar-refractivity contribution in [3.05, 3.63) is 99.5 Å². The number of carbonyl (C=O) groups is 1. The number of benzene rings is 3. The average Bonchev–Trinajstić information content (AvgIpc) is 3.13. The molecule has 3 aromatic carbocycles. The zero-order valence-electron chi connectivity index (χ0n) is 16.0. The van der Waals surface area contributed by atoms with Crippen molar-refractivity contribution in [3.8, 4) is 0 Å². The van der Waals surface area contributed by atoms with Gasteiger partial charge in [-0.1, -0.05) is 58.7 Å². The maximum Gasteiger partial charge on any atom is 0.265 e. The molecule has 2 aliphatic rings. The van der Waals surface area contributed by atoms with E-state index in [-0.39, 0.29) is 5.91 Å². The second-order valence-electron chi connectivity index (χ2n) is 7.25. The van der Waals surface area contributed by atoms with Crippen molar-refractivity contribution in [2.45, 2.75) is 18.7 Å². The van der Waals surface area contributed by atoms with Crippen LogP contribution in [0.15, 0.2) is 78.0 Å². The van der Waals surface area contributed by atoms with Gasteiger partial charge in [0.2, 0.25) is 5.91 Å². The molecule has 7 heteroatoms. The number of hydrogen-bond donors (Lipinski definition) is 1. The van der Waals surface area contributed by atoms with Crippen molar-refractivity contribution in [1.29, 1.82) is 0 Å². The minimum absolute atomic E-state index is 0.163. The number of rotatable bonds is 2. The van der Waals surface area contributed by atoms with Crippen molar-refractivity contribution in [2.24, 2.45) is 5.16 Å². The fourth-order valence-corrected chi connectivity index (χ4v) is 4.34. The van der Waals surface area contributed by atoms with Crippen molar-refractivity contribution in [3.63, 3.8) is 0 Å². The quantitative estimate of drug-likeness (QED) is 0.596. The number of hydrogen-bond acceptors (Lipinski definition) is 4. The third-order valence-corrected chi connectivity index (χ3v) is 5.96. The highest BCUT2D eigenvalue weighted by molar-refractivity contribution is 6.31. The van der Waals surface area contributed by atoms with Gasteiger partial charge >= 0.3 is 0 Å². The molecule has 3 aromatic rings. The van der Waals surface area contributed by atoms with Gasteiger partial charge in [0.25, 0.3) is 5.72 Å². The van der Waals surface area contributed by atoms with Gasteiger partial charge in [-0.2, -0.15) is 0 Å². The zero-order valence-corrected chi connectivity index (χ0v) is 17.5. The number of nitrogens with zero attached hydrogens (tertiary/aromatic N) is 2. The summed E-state index contributed by atoms with van der Waals surface area (Å²) in [5.41, 5.74) is 1.82. The summed E-state index contributed by atoms with van der Waals surface area (Å²) in [5.74, 6) is 0.384. The standard InChI is InChI=1S/C23H17Cl2N3O2/c1-14-22(29)26-20-12-11-18(25)13-19(20)23(16-5-3-2-4-6-16)28(14)21(27-30-23)15-7-9-17(24)10-8-15/h2-14H,1H3,(H,26,29)/t14-,23-/m0/s1. The molecule has 0 aromatic heterocycles.